The zero-order valence-corrected chi connectivity index (χ0v) is 7.05. The minimum Gasteiger partial charge on any atom is -0.395 e. The zero-order chi connectivity index (χ0) is 8.97. The molecule has 72 valence electrons. The van der Waals surface area contributed by atoms with E-state index in [0.717, 1.165) is 0 Å². The van der Waals surface area contributed by atoms with Gasteiger partial charge in [-0.1, -0.05) is 0 Å². The third-order valence-corrected chi connectivity index (χ3v) is 2.27. The first-order valence-electron chi connectivity index (χ1n) is 4.33. The molecule has 1 aliphatic heterocycles. The van der Waals surface area contributed by atoms with Crippen molar-refractivity contribution in [3.05, 3.63) is 0 Å². The standard InChI is InChI=1S/C8H15F2NO/c9-2-1-3-11-5-7(10)4-8(11)6-12/h7-8,12H,1-6H2. The van der Waals surface area contributed by atoms with Gasteiger partial charge in [0.15, 0.2) is 0 Å². The number of nitrogens with zero attached hydrogens (tertiary/aromatic N) is 1. The number of aliphatic hydroxyl groups is 1. The molecule has 1 N–H and O–H groups in total. The highest BCUT2D eigenvalue weighted by Crippen LogP contribution is 2.19. The lowest BCUT2D eigenvalue weighted by Crippen LogP contribution is -2.33. The van der Waals surface area contributed by atoms with Crippen molar-refractivity contribution in [2.75, 3.05) is 26.4 Å². The smallest absolute Gasteiger partial charge is 0.114 e. The Kier molecular flexibility index (Phi) is 3.88. The molecular formula is C8H15F2NO. The summed E-state index contributed by atoms with van der Waals surface area (Å²) in [5.41, 5.74) is 0. The van der Waals surface area contributed by atoms with Crippen LogP contribution in [0.5, 0.6) is 0 Å². The molecule has 0 aromatic heterocycles. The van der Waals surface area contributed by atoms with Crippen LogP contribution in [0.3, 0.4) is 0 Å². The molecule has 1 fully saturated rings. The fraction of sp³-hybridized carbons (Fsp3) is 1.00. The first-order chi connectivity index (χ1) is 5.77. The summed E-state index contributed by atoms with van der Waals surface area (Å²) < 4.78 is 24.6. The zero-order valence-electron chi connectivity index (χ0n) is 7.05. The Balaban J connectivity index is 2.30. The van der Waals surface area contributed by atoms with E-state index >= 15 is 0 Å². The molecule has 0 aromatic carbocycles. The highest BCUT2D eigenvalue weighted by molar-refractivity contribution is 4.84. The van der Waals surface area contributed by atoms with Crippen molar-refractivity contribution in [1.82, 2.24) is 4.90 Å². The summed E-state index contributed by atoms with van der Waals surface area (Å²) in [4.78, 5) is 1.82. The van der Waals surface area contributed by atoms with Crippen LogP contribution in [0.15, 0.2) is 0 Å². The Labute approximate surface area is 71.2 Å². The van der Waals surface area contributed by atoms with Gasteiger partial charge in [-0.05, 0) is 12.8 Å². The van der Waals surface area contributed by atoms with Crippen LogP contribution in [-0.4, -0.2) is 48.6 Å². The maximum Gasteiger partial charge on any atom is 0.114 e. The van der Waals surface area contributed by atoms with Gasteiger partial charge < -0.3 is 5.11 Å². The van der Waals surface area contributed by atoms with Gasteiger partial charge in [0.1, 0.15) is 6.17 Å². The van der Waals surface area contributed by atoms with Gasteiger partial charge in [-0.2, -0.15) is 0 Å². The van der Waals surface area contributed by atoms with Crippen LogP contribution >= 0.6 is 0 Å². The lowest BCUT2D eigenvalue weighted by molar-refractivity contribution is 0.154. The van der Waals surface area contributed by atoms with E-state index in [9.17, 15) is 8.78 Å². The number of alkyl halides is 2. The molecule has 0 amide bonds. The van der Waals surface area contributed by atoms with Crippen LogP contribution in [0, 0.1) is 0 Å². The van der Waals surface area contributed by atoms with E-state index in [-0.39, 0.29) is 19.3 Å². The normalized spacial score (nSPS) is 31.2. The Morgan fingerprint density at radius 3 is 2.83 bits per heavy atom. The number of hydrogen-bond donors (Lipinski definition) is 1. The summed E-state index contributed by atoms with van der Waals surface area (Å²) in [6.07, 6.45) is -0.0202. The number of halogens is 2. The molecule has 0 aromatic rings. The van der Waals surface area contributed by atoms with Gasteiger partial charge in [0.2, 0.25) is 0 Å². The molecule has 1 saturated heterocycles. The molecule has 0 aliphatic carbocycles. The number of likely N-dealkylation sites (tertiary alicyclic amines) is 1. The molecule has 2 unspecified atom stereocenters. The van der Waals surface area contributed by atoms with Crippen LogP contribution < -0.4 is 0 Å². The first kappa shape index (κ1) is 9.86. The van der Waals surface area contributed by atoms with Crippen molar-refractivity contribution in [3.8, 4) is 0 Å². The lowest BCUT2D eigenvalue weighted by Gasteiger charge is -2.21. The SMILES string of the molecule is OCC1CC(F)CN1CCCF. The van der Waals surface area contributed by atoms with Crippen LogP contribution in [-0.2, 0) is 0 Å². The van der Waals surface area contributed by atoms with Crippen molar-refractivity contribution < 1.29 is 13.9 Å². The second-order valence-corrected chi connectivity index (χ2v) is 3.21. The van der Waals surface area contributed by atoms with E-state index in [1.54, 1.807) is 0 Å². The monoisotopic (exact) mass is 179 g/mol. The largest absolute Gasteiger partial charge is 0.395 e. The van der Waals surface area contributed by atoms with Gasteiger partial charge in [0.05, 0.1) is 13.3 Å². The molecule has 0 saturated carbocycles. The van der Waals surface area contributed by atoms with Gasteiger partial charge in [-0.25, -0.2) is 4.39 Å². The molecule has 0 bridgehead atoms. The van der Waals surface area contributed by atoms with E-state index in [2.05, 4.69) is 0 Å². The lowest BCUT2D eigenvalue weighted by atomic mass is 10.2. The second-order valence-electron chi connectivity index (χ2n) is 3.21. The molecule has 4 heteroatoms. The summed E-state index contributed by atoms with van der Waals surface area (Å²) in [6.45, 7) is 0.520. The van der Waals surface area contributed by atoms with E-state index in [1.165, 1.54) is 0 Å². The molecular weight excluding hydrogens is 164 g/mol. The van der Waals surface area contributed by atoms with Crippen molar-refractivity contribution in [3.63, 3.8) is 0 Å². The van der Waals surface area contributed by atoms with E-state index in [1.807, 2.05) is 4.90 Å². The number of hydrogen-bond acceptors (Lipinski definition) is 2. The fourth-order valence-electron chi connectivity index (χ4n) is 1.65. The Morgan fingerprint density at radius 2 is 2.25 bits per heavy atom. The molecule has 2 nitrogen and oxygen atoms in total. The highest BCUT2D eigenvalue weighted by atomic mass is 19.1. The fourth-order valence-corrected chi connectivity index (χ4v) is 1.65. The molecule has 12 heavy (non-hydrogen) atoms. The average Bonchev–Trinajstić information content (AvgIpc) is 2.42. The molecule has 2 atom stereocenters. The van der Waals surface area contributed by atoms with E-state index in [0.29, 0.717) is 25.9 Å². The van der Waals surface area contributed by atoms with Gasteiger partial charge in [0, 0.05) is 19.1 Å². The van der Waals surface area contributed by atoms with Crippen molar-refractivity contribution in [2.45, 2.75) is 25.1 Å². The maximum atomic E-state index is 12.8. The van der Waals surface area contributed by atoms with Crippen molar-refractivity contribution >= 4 is 0 Å². The van der Waals surface area contributed by atoms with Crippen molar-refractivity contribution in [1.29, 1.82) is 0 Å². The Bertz CT molecular complexity index is 134. The predicted molar refractivity (Wildman–Crippen MR) is 42.6 cm³/mol. The Hall–Kier alpha value is -0.220. The number of rotatable bonds is 4. The number of aliphatic hydroxyl groups excluding tert-OH is 1. The minimum atomic E-state index is -0.846. The molecule has 0 spiro atoms. The van der Waals surface area contributed by atoms with Crippen LogP contribution in [0.2, 0.25) is 0 Å². The van der Waals surface area contributed by atoms with E-state index < -0.39 is 6.17 Å². The maximum absolute atomic E-state index is 12.8. The summed E-state index contributed by atoms with van der Waals surface area (Å²) >= 11 is 0. The summed E-state index contributed by atoms with van der Waals surface area (Å²) in [6, 6.07) is -0.0912. The summed E-state index contributed by atoms with van der Waals surface area (Å²) in [5, 5.41) is 8.85. The summed E-state index contributed by atoms with van der Waals surface area (Å²) in [7, 11) is 0. The van der Waals surface area contributed by atoms with E-state index in [4.69, 9.17) is 5.11 Å². The quantitative estimate of drug-likeness (QED) is 0.688. The molecule has 1 heterocycles. The third-order valence-electron chi connectivity index (χ3n) is 2.27. The minimum absolute atomic E-state index is 0.0211. The molecule has 1 rings (SSSR count). The topological polar surface area (TPSA) is 23.5 Å². The predicted octanol–water partition coefficient (Wildman–Crippen LogP) is 0.751. The van der Waals surface area contributed by atoms with Crippen molar-refractivity contribution in [2.24, 2.45) is 0 Å². The third kappa shape index (κ3) is 2.38. The van der Waals surface area contributed by atoms with Crippen LogP contribution in [0.25, 0.3) is 0 Å². The molecule has 1 aliphatic rings. The first-order valence-corrected chi connectivity index (χ1v) is 4.33. The average molecular weight is 179 g/mol. The van der Waals surface area contributed by atoms with Gasteiger partial charge >= 0.3 is 0 Å². The highest BCUT2D eigenvalue weighted by Gasteiger charge is 2.30. The Morgan fingerprint density at radius 1 is 1.50 bits per heavy atom. The summed E-state index contributed by atoms with van der Waals surface area (Å²) in [5.74, 6) is 0. The van der Waals surface area contributed by atoms with Crippen LogP contribution in [0.1, 0.15) is 12.8 Å². The van der Waals surface area contributed by atoms with Gasteiger partial charge in [-0.3, -0.25) is 9.29 Å². The van der Waals surface area contributed by atoms with Crippen LogP contribution in [0.4, 0.5) is 8.78 Å². The molecule has 0 radical (unpaired) electrons. The second kappa shape index (κ2) is 4.72. The van der Waals surface area contributed by atoms with Gasteiger partial charge in [-0.15, -0.1) is 0 Å². The van der Waals surface area contributed by atoms with Gasteiger partial charge in [0.25, 0.3) is 0 Å².